The van der Waals surface area contributed by atoms with Crippen molar-refractivity contribution in [1.82, 2.24) is 19.6 Å². The second kappa shape index (κ2) is 7.13. The van der Waals surface area contributed by atoms with Gasteiger partial charge in [0.1, 0.15) is 5.52 Å². The van der Waals surface area contributed by atoms with Crippen LogP contribution in [0.15, 0.2) is 67.2 Å². The molecule has 3 heterocycles. The average molecular weight is 331 g/mol. The van der Waals surface area contributed by atoms with E-state index in [-0.39, 0.29) is 0 Å². The standard InChI is InChI=1S/C20H21N5/c1-14(2)7-5-8-15(3)19-23-20(18-9-6-12-25(18)24-19)22-17-10-11-21-13-16(17)4/h5-13H,3H2,1-2,4H3,(H,21,22,23,24)/b8-5-. The molecule has 0 aliphatic heterocycles. The van der Waals surface area contributed by atoms with Crippen molar-refractivity contribution < 1.29 is 0 Å². The van der Waals surface area contributed by atoms with Gasteiger partial charge in [0.25, 0.3) is 0 Å². The first-order valence-electron chi connectivity index (χ1n) is 8.08. The Hall–Kier alpha value is -3.21. The minimum Gasteiger partial charge on any atom is -0.338 e. The van der Waals surface area contributed by atoms with Crippen molar-refractivity contribution >= 4 is 22.6 Å². The van der Waals surface area contributed by atoms with Crippen molar-refractivity contribution in [3.63, 3.8) is 0 Å². The summed E-state index contributed by atoms with van der Waals surface area (Å²) >= 11 is 0. The fourth-order valence-electron chi connectivity index (χ4n) is 2.34. The molecular weight excluding hydrogens is 310 g/mol. The summed E-state index contributed by atoms with van der Waals surface area (Å²) in [6.07, 6.45) is 11.4. The zero-order valence-corrected chi connectivity index (χ0v) is 14.7. The van der Waals surface area contributed by atoms with E-state index >= 15 is 0 Å². The van der Waals surface area contributed by atoms with E-state index in [1.807, 2.05) is 55.7 Å². The summed E-state index contributed by atoms with van der Waals surface area (Å²) in [5, 5.41) is 7.92. The smallest absolute Gasteiger partial charge is 0.181 e. The second-order valence-electron chi connectivity index (χ2n) is 6.07. The largest absolute Gasteiger partial charge is 0.338 e. The first-order chi connectivity index (χ1) is 12.0. The number of pyridine rings is 1. The molecule has 0 unspecified atom stereocenters. The summed E-state index contributed by atoms with van der Waals surface area (Å²) in [6, 6.07) is 5.85. The summed E-state index contributed by atoms with van der Waals surface area (Å²) in [7, 11) is 0. The lowest BCUT2D eigenvalue weighted by Gasteiger charge is -2.11. The topological polar surface area (TPSA) is 55.1 Å². The molecule has 0 aromatic carbocycles. The van der Waals surface area contributed by atoms with Crippen molar-refractivity contribution in [3.05, 3.63) is 78.6 Å². The van der Waals surface area contributed by atoms with Gasteiger partial charge < -0.3 is 5.32 Å². The summed E-state index contributed by atoms with van der Waals surface area (Å²) < 4.78 is 1.81. The number of anilines is 2. The first kappa shape index (κ1) is 16.6. The van der Waals surface area contributed by atoms with Crippen molar-refractivity contribution in [2.75, 3.05) is 5.32 Å². The zero-order chi connectivity index (χ0) is 17.8. The predicted octanol–water partition coefficient (Wildman–Crippen LogP) is 4.71. The van der Waals surface area contributed by atoms with Gasteiger partial charge in [-0.05, 0) is 44.5 Å². The number of hydrogen-bond donors (Lipinski definition) is 1. The third-order valence-corrected chi connectivity index (χ3v) is 3.68. The van der Waals surface area contributed by atoms with Crippen molar-refractivity contribution in [1.29, 1.82) is 0 Å². The highest BCUT2D eigenvalue weighted by Crippen LogP contribution is 2.23. The Labute approximate surface area is 147 Å². The van der Waals surface area contributed by atoms with Crippen LogP contribution in [-0.4, -0.2) is 19.6 Å². The van der Waals surface area contributed by atoms with Crippen LogP contribution in [0.5, 0.6) is 0 Å². The highest BCUT2D eigenvalue weighted by Gasteiger charge is 2.10. The summed E-state index contributed by atoms with van der Waals surface area (Å²) in [5.74, 6) is 1.32. The van der Waals surface area contributed by atoms with Crippen LogP contribution < -0.4 is 5.32 Å². The lowest BCUT2D eigenvalue weighted by Crippen LogP contribution is -2.05. The van der Waals surface area contributed by atoms with E-state index in [2.05, 4.69) is 40.8 Å². The monoisotopic (exact) mass is 331 g/mol. The molecule has 0 aliphatic carbocycles. The highest BCUT2D eigenvalue weighted by atomic mass is 15.3. The van der Waals surface area contributed by atoms with E-state index in [4.69, 9.17) is 0 Å². The van der Waals surface area contributed by atoms with Gasteiger partial charge in [0.15, 0.2) is 11.6 Å². The van der Waals surface area contributed by atoms with E-state index in [1.54, 1.807) is 10.7 Å². The van der Waals surface area contributed by atoms with E-state index in [0.29, 0.717) is 5.82 Å². The third-order valence-electron chi connectivity index (χ3n) is 3.68. The van der Waals surface area contributed by atoms with Crippen LogP contribution in [-0.2, 0) is 0 Å². The normalized spacial score (nSPS) is 11.0. The SMILES string of the molecule is C=C(/C=C\C=C(C)C)c1nc(Nc2ccncc2C)c2cccn2n1. The fourth-order valence-corrected chi connectivity index (χ4v) is 2.34. The van der Waals surface area contributed by atoms with Gasteiger partial charge in [0.2, 0.25) is 0 Å². The van der Waals surface area contributed by atoms with Gasteiger partial charge in [0.05, 0.1) is 0 Å². The lowest BCUT2D eigenvalue weighted by atomic mass is 10.2. The highest BCUT2D eigenvalue weighted by molar-refractivity contribution is 5.77. The molecule has 25 heavy (non-hydrogen) atoms. The van der Waals surface area contributed by atoms with Gasteiger partial charge >= 0.3 is 0 Å². The van der Waals surface area contributed by atoms with Gasteiger partial charge in [-0.15, -0.1) is 5.10 Å². The Balaban J connectivity index is 1.99. The van der Waals surface area contributed by atoms with Gasteiger partial charge in [-0.25, -0.2) is 9.50 Å². The molecule has 1 N–H and O–H groups in total. The molecule has 0 atom stereocenters. The van der Waals surface area contributed by atoms with E-state index < -0.39 is 0 Å². The van der Waals surface area contributed by atoms with Crippen LogP contribution in [0.2, 0.25) is 0 Å². The minimum atomic E-state index is 0.580. The minimum absolute atomic E-state index is 0.580. The maximum Gasteiger partial charge on any atom is 0.181 e. The summed E-state index contributed by atoms with van der Waals surface area (Å²) in [5.41, 5.74) is 4.90. The molecule has 0 saturated heterocycles. The second-order valence-corrected chi connectivity index (χ2v) is 6.07. The van der Waals surface area contributed by atoms with Crippen LogP contribution in [0, 0.1) is 6.92 Å². The molecule has 3 aromatic rings. The van der Waals surface area contributed by atoms with Crippen LogP contribution >= 0.6 is 0 Å². The van der Waals surface area contributed by atoms with Crippen molar-refractivity contribution in [2.45, 2.75) is 20.8 Å². The quantitative estimate of drug-likeness (QED) is 0.688. The molecule has 3 rings (SSSR count). The molecule has 0 aliphatic rings. The number of aryl methyl sites for hydroxylation is 1. The van der Waals surface area contributed by atoms with E-state index in [1.165, 1.54) is 5.57 Å². The third kappa shape index (κ3) is 3.83. The first-order valence-corrected chi connectivity index (χ1v) is 8.08. The Morgan fingerprint density at radius 3 is 2.88 bits per heavy atom. The maximum absolute atomic E-state index is 4.67. The van der Waals surface area contributed by atoms with Crippen LogP contribution in [0.3, 0.4) is 0 Å². The van der Waals surface area contributed by atoms with Crippen LogP contribution in [0.25, 0.3) is 11.1 Å². The summed E-state index contributed by atoms with van der Waals surface area (Å²) in [6.45, 7) is 10.2. The molecule has 0 fully saturated rings. The molecule has 3 aromatic heterocycles. The Morgan fingerprint density at radius 2 is 2.12 bits per heavy atom. The lowest BCUT2D eigenvalue weighted by molar-refractivity contribution is 0.889. The maximum atomic E-state index is 4.67. The Kier molecular flexibility index (Phi) is 4.75. The molecular formula is C20H21N5. The number of fused-ring (bicyclic) bond motifs is 1. The van der Waals surface area contributed by atoms with Crippen molar-refractivity contribution in [2.24, 2.45) is 0 Å². The Bertz CT molecular complexity index is 975. The van der Waals surface area contributed by atoms with Crippen molar-refractivity contribution in [3.8, 4) is 0 Å². The number of nitrogens with zero attached hydrogens (tertiary/aromatic N) is 4. The molecule has 5 heteroatoms. The number of hydrogen-bond acceptors (Lipinski definition) is 4. The fraction of sp³-hybridized carbons (Fsp3) is 0.150. The molecule has 0 saturated carbocycles. The average Bonchev–Trinajstić information content (AvgIpc) is 3.05. The molecule has 5 nitrogen and oxygen atoms in total. The molecule has 126 valence electrons. The number of allylic oxidation sites excluding steroid dienone is 5. The van der Waals surface area contributed by atoms with E-state index in [9.17, 15) is 0 Å². The molecule has 0 amide bonds. The zero-order valence-electron chi connectivity index (χ0n) is 14.7. The van der Waals surface area contributed by atoms with Crippen LogP contribution in [0.4, 0.5) is 11.5 Å². The molecule has 0 spiro atoms. The number of nitrogens with one attached hydrogen (secondary N) is 1. The van der Waals surface area contributed by atoms with Gasteiger partial charge in [-0.2, -0.15) is 0 Å². The number of rotatable bonds is 5. The molecule has 0 bridgehead atoms. The van der Waals surface area contributed by atoms with Gasteiger partial charge in [-0.3, -0.25) is 4.98 Å². The van der Waals surface area contributed by atoms with Crippen LogP contribution in [0.1, 0.15) is 25.2 Å². The van der Waals surface area contributed by atoms with Gasteiger partial charge in [-0.1, -0.05) is 30.4 Å². The van der Waals surface area contributed by atoms with E-state index in [0.717, 1.165) is 28.2 Å². The Morgan fingerprint density at radius 1 is 1.28 bits per heavy atom. The summed E-state index contributed by atoms with van der Waals surface area (Å²) in [4.78, 5) is 8.80. The molecule has 0 radical (unpaired) electrons. The van der Waals surface area contributed by atoms with Gasteiger partial charge in [0, 0.05) is 29.9 Å². The number of aromatic nitrogens is 4. The predicted molar refractivity (Wildman–Crippen MR) is 103 cm³/mol.